The molecule has 0 heterocycles. The lowest BCUT2D eigenvalue weighted by molar-refractivity contribution is 0.0618. The minimum atomic E-state index is -0.708. The van der Waals surface area contributed by atoms with E-state index >= 15 is 0 Å². The first kappa shape index (κ1) is 7.66. The van der Waals surface area contributed by atoms with Crippen molar-refractivity contribution in [3.05, 3.63) is 12.2 Å². The monoisotopic (exact) mass is 116 g/mol. The first-order valence-corrected chi connectivity index (χ1v) is 2.67. The average molecular weight is 116 g/mol. The van der Waals surface area contributed by atoms with Crippen LogP contribution in [0.5, 0.6) is 0 Å². The lowest BCUT2D eigenvalue weighted by atomic mass is 10.2. The summed E-state index contributed by atoms with van der Waals surface area (Å²) in [6.45, 7) is 3.34. The Bertz CT molecular complexity index is 76.6. The molecule has 0 unspecified atom stereocenters. The van der Waals surface area contributed by atoms with E-state index in [-0.39, 0.29) is 0 Å². The third-order valence-corrected chi connectivity index (χ3v) is 0.884. The third kappa shape index (κ3) is 2.77. The summed E-state index contributed by atoms with van der Waals surface area (Å²) >= 11 is 0. The molecule has 0 aliphatic rings. The maximum atomic E-state index is 8.79. The van der Waals surface area contributed by atoms with Gasteiger partial charge in [0, 0.05) is 0 Å². The summed E-state index contributed by atoms with van der Waals surface area (Å²) in [5.41, 5.74) is 0. The quantitative estimate of drug-likeness (QED) is 0.509. The summed E-state index contributed by atoms with van der Waals surface area (Å²) in [7, 11) is 0. The van der Waals surface area contributed by atoms with Crippen molar-refractivity contribution in [2.75, 3.05) is 0 Å². The summed E-state index contributed by atoms with van der Waals surface area (Å²) < 4.78 is 0. The third-order valence-electron chi connectivity index (χ3n) is 0.884. The van der Waals surface area contributed by atoms with Crippen LogP contribution in [0.2, 0.25) is 0 Å². The van der Waals surface area contributed by atoms with Gasteiger partial charge >= 0.3 is 0 Å². The maximum absolute atomic E-state index is 8.79. The second-order valence-electron chi connectivity index (χ2n) is 1.76. The van der Waals surface area contributed by atoms with Gasteiger partial charge in [-0.25, -0.2) is 0 Å². The Morgan fingerprint density at radius 1 is 1.38 bits per heavy atom. The number of hydrogen-bond acceptors (Lipinski definition) is 2. The van der Waals surface area contributed by atoms with E-state index in [0.717, 1.165) is 0 Å². The van der Waals surface area contributed by atoms with Crippen LogP contribution in [0.15, 0.2) is 12.2 Å². The molecule has 0 fully saturated rings. The fourth-order valence-corrected chi connectivity index (χ4v) is 0.358. The zero-order valence-electron chi connectivity index (χ0n) is 5.20. The SMILES string of the molecule is C/C=C\[C@@H](O)[C@@H](C)O. The zero-order valence-corrected chi connectivity index (χ0v) is 5.20. The van der Waals surface area contributed by atoms with Crippen LogP contribution in [0.25, 0.3) is 0 Å². The molecule has 0 aromatic rings. The standard InChI is InChI=1S/C6H12O2/c1-3-4-6(8)5(2)7/h3-8H,1-2H3/b4-3-/t5-,6-/m1/s1. The molecule has 0 aromatic carbocycles. The number of rotatable bonds is 2. The normalized spacial score (nSPS) is 19.0. The minimum absolute atomic E-state index is 0.661. The molecule has 0 saturated heterocycles. The van der Waals surface area contributed by atoms with Crippen LogP contribution >= 0.6 is 0 Å². The molecule has 0 saturated carbocycles. The highest BCUT2D eigenvalue weighted by atomic mass is 16.3. The highest BCUT2D eigenvalue weighted by Crippen LogP contribution is 1.91. The Hall–Kier alpha value is -0.340. The van der Waals surface area contributed by atoms with E-state index in [1.807, 2.05) is 0 Å². The lowest BCUT2D eigenvalue weighted by Gasteiger charge is -2.06. The van der Waals surface area contributed by atoms with Crippen LogP contribution in [0, 0.1) is 0 Å². The van der Waals surface area contributed by atoms with Gasteiger partial charge in [-0.05, 0) is 13.8 Å². The van der Waals surface area contributed by atoms with Gasteiger partial charge < -0.3 is 10.2 Å². The van der Waals surface area contributed by atoms with Crippen LogP contribution in [0.1, 0.15) is 13.8 Å². The van der Waals surface area contributed by atoms with Crippen LogP contribution < -0.4 is 0 Å². The van der Waals surface area contributed by atoms with E-state index in [4.69, 9.17) is 10.2 Å². The molecule has 0 rings (SSSR count). The van der Waals surface area contributed by atoms with Crippen LogP contribution in [0.4, 0.5) is 0 Å². The topological polar surface area (TPSA) is 40.5 Å². The van der Waals surface area contributed by atoms with Crippen molar-refractivity contribution in [2.45, 2.75) is 26.1 Å². The predicted molar refractivity (Wildman–Crippen MR) is 32.5 cm³/mol. The van der Waals surface area contributed by atoms with Gasteiger partial charge in [0.2, 0.25) is 0 Å². The summed E-state index contributed by atoms with van der Waals surface area (Å²) in [6, 6.07) is 0. The molecular weight excluding hydrogens is 104 g/mol. The minimum Gasteiger partial charge on any atom is -0.390 e. The summed E-state index contributed by atoms with van der Waals surface area (Å²) in [4.78, 5) is 0. The highest BCUT2D eigenvalue weighted by molar-refractivity contribution is 4.87. The van der Waals surface area contributed by atoms with Gasteiger partial charge in [0.25, 0.3) is 0 Å². The Labute approximate surface area is 49.5 Å². The highest BCUT2D eigenvalue weighted by Gasteiger charge is 2.03. The molecule has 0 aliphatic carbocycles. The van der Waals surface area contributed by atoms with Gasteiger partial charge in [0.15, 0.2) is 0 Å². The first-order chi connectivity index (χ1) is 3.68. The van der Waals surface area contributed by atoms with Crippen molar-refractivity contribution in [3.63, 3.8) is 0 Å². The lowest BCUT2D eigenvalue weighted by Crippen LogP contribution is -2.19. The number of allylic oxidation sites excluding steroid dienone is 1. The van der Waals surface area contributed by atoms with Crippen molar-refractivity contribution in [2.24, 2.45) is 0 Å². The molecule has 0 bridgehead atoms. The van der Waals surface area contributed by atoms with E-state index in [2.05, 4.69) is 0 Å². The van der Waals surface area contributed by atoms with Crippen molar-refractivity contribution < 1.29 is 10.2 Å². The zero-order chi connectivity index (χ0) is 6.57. The fourth-order valence-electron chi connectivity index (χ4n) is 0.358. The molecular formula is C6H12O2. The Balaban J connectivity index is 3.47. The number of aliphatic hydroxyl groups excluding tert-OH is 2. The van der Waals surface area contributed by atoms with Gasteiger partial charge in [-0.15, -0.1) is 0 Å². The first-order valence-electron chi connectivity index (χ1n) is 2.67. The number of hydrogen-bond donors (Lipinski definition) is 2. The molecule has 0 spiro atoms. The van der Waals surface area contributed by atoms with Crippen LogP contribution in [0.3, 0.4) is 0 Å². The summed E-state index contributed by atoms with van der Waals surface area (Å²) in [5.74, 6) is 0. The molecule has 0 amide bonds. The maximum Gasteiger partial charge on any atom is 0.0977 e. The van der Waals surface area contributed by atoms with Gasteiger partial charge in [-0.1, -0.05) is 12.2 Å². The van der Waals surface area contributed by atoms with E-state index in [1.165, 1.54) is 0 Å². The molecule has 8 heavy (non-hydrogen) atoms. The largest absolute Gasteiger partial charge is 0.390 e. The fraction of sp³-hybridized carbons (Fsp3) is 0.667. The van der Waals surface area contributed by atoms with E-state index in [1.54, 1.807) is 26.0 Å². The molecule has 2 N–H and O–H groups in total. The Kier molecular flexibility index (Phi) is 3.48. The van der Waals surface area contributed by atoms with E-state index in [9.17, 15) is 0 Å². The second kappa shape index (κ2) is 3.64. The summed E-state index contributed by atoms with van der Waals surface area (Å²) in [5, 5.41) is 17.4. The molecule has 2 heteroatoms. The molecule has 0 aliphatic heterocycles. The van der Waals surface area contributed by atoms with Gasteiger partial charge in [-0.3, -0.25) is 0 Å². The molecule has 2 nitrogen and oxygen atoms in total. The van der Waals surface area contributed by atoms with E-state index in [0.29, 0.717) is 0 Å². The van der Waals surface area contributed by atoms with Gasteiger partial charge in [0.05, 0.1) is 12.2 Å². The smallest absolute Gasteiger partial charge is 0.0977 e. The van der Waals surface area contributed by atoms with Crippen LogP contribution in [-0.4, -0.2) is 22.4 Å². The van der Waals surface area contributed by atoms with Gasteiger partial charge in [-0.2, -0.15) is 0 Å². The molecule has 2 atom stereocenters. The van der Waals surface area contributed by atoms with Crippen molar-refractivity contribution in [1.82, 2.24) is 0 Å². The van der Waals surface area contributed by atoms with Crippen LogP contribution in [-0.2, 0) is 0 Å². The average Bonchev–Trinajstić information content (AvgIpc) is 1.67. The second-order valence-corrected chi connectivity index (χ2v) is 1.76. The van der Waals surface area contributed by atoms with Crippen molar-refractivity contribution >= 4 is 0 Å². The molecule has 0 radical (unpaired) electrons. The number of aliphatic hydroxyl groups is 2. The van der Waals surface area contributed by atoms with E-state index < -0.39 is 12.2 Å². The van der Waals surface area contributed by atoms with Gasteiger partial charge in [0.1, 0.15) is 0 Å². The molecule has 48 valence electrons. The summed E-state index contributed by atoms with van der Waals surface area (Å²) in [6.07, 6.45) is 1.88. The Morgan fingerprint density at radius 2 is 1.88 bits per heavy atom. The molecule has 0 aromatic heterocycles. The van der Waals surface area contributed by atoms with Crippen molar-refractivity contribution in [1.29, 1.82) is 0 Å². The van der Waals surface area contributed by atoms with Crippen molar-refractivity contribution in [3.8, 4) is 0 Å². The Morgan fingerprint density at radius 3 is 2.00 bits per heavy atom. The predicted octanol–water partition coefficient (Wildman–Crippen LogP) is 0.304.